The van der Waals surface area contributed by atoms with Crippen molar-refractivity contribution < 1.29 is 0 Å². The molecule has 0 bridgehead atoms. The summed E-state index contributed by atoms with van der Waals surface area (Å²) in [5.41, 5.74) is 0.615. The minimum atomic E-state index is -0.186. The molecule has 116 valence electrons. The molecule has 0 aliphatic carbocycles. The molecule has 0 aromatic carbocycles. The molecule has 21 heavy (non-hydrogen) atoms. The molecule has 1 aromatic heterocycles. The summed E-state index contributed by atoms with van der Waals surface area (Å²) >= 11 is 6.36. The molecule has 5 nitrogen and oxygen atoms in total. The maximum Gasteiger partial charge on any atom is 0.287 e. The maximum atomic E-state index is 12.3. The zero-order valence-corrected chi connectivity index (χ0v) is 13.4. The largest absolute Gasteiger partial charge is 0.364 e. The Morgan fingerprint density at radius 1 is 1.38 bits per heavy atom. The summed E-state index contributed by atoms with van der Waals surface area (Å²) < 4.78 is 1.45. The van der Waals surface area contributed by atoms with Crippen LogP contribution in [0.5, 0.6) is 0 Å². The molecule has 6 heteroatoms. The monoisotopic (exact) mass is 310 g/mol. The molecular formula is C15H23ClN4O. The molecule has 2 aliphatic rings. The number of anilines is 1. The molecule has 1 N–H and O–H groups in total. The van der Waals surface area contributed by atoms with Crippen LogP contribution < -0.4 is 15.8 Å². The number of halogens is 1. The number of rotatable bonds is 3. The SMILES string of the molecule is CC(C)n1ncc(N2CCCC2C2CCCN2)c(Cl)c1=O. The Labute approximate surface area is 130 Å². The lowest BCUT2D eigenvalue weighted by Gasteiger charge is -2.31. The Bertz CT molecular complexity index is 565. The van der Waals surface area contributed by atoms with Gasteiger partial charge in [0.1, 0.15) is 5.02 Å². The predicted molar refractivity (Wildman–Crippen MR) is 85.3 cm³/mol. The fourth-order valence-electron chi connectivity index (χ4n) is 3.55. The van der Waals surface area contributed by atoms with Crippen LogP contribution in [-0.2, 0) is 0 Å². The molecule has 2 unspecified atom stereocenters. The fraction of sp³-hybridized carbons (Fsp3) is 0.733. The standard InChI is InChI=1S/C15H23ClN4O/c1-10(2)20-15(21)14(16)13(9-18-20)19-8-4-6-12(19)11-5-3-7-17-11/h9-12,17H,3-8H2,1-2H3. The number of aromatic nitrogens is 2. The van der Waals surface area contributed by atoms with E-state index in [9.17, 15) is 4.79 Å². The minimum Gasteiger partial charge on any atom is -0.364 e. The van der Waals surface area contributed by atoms with Crippen molar-refractivity contribution >= 4 is 17.3 Å². The Balaban J connectivity index is 1.92. The lowest BCUT2D eigenvalue weighted by atomic mass is 10.0. The van der Waals surface area contributed by atoms with Gasteiger partial charge in [-0.25, -0.2) is 4.68 Å². The molecule has 2 fully saturated rings. The van der Waals surface area contributed by atoms with Crippen molar-refractivity contribution in [2.75, 3.05) is 18.0 Å². The van der Waals surface area contributed by atoms with Gasteiger partial charge in [0, 0.05) is 18.6 Å². The van der Waals surface area contributed by atoms with E-state index >= 15 is 0 Å². The molecule has 0 saturated carbocycles. The van der Waals surface area contributed by atoms with Crippen LogP contribution in [0.25, 0.3) is 0 Å². The van der Waals surface area contributed by atoms with E-state index < -0.39 is 0 Å². The first-order chi connectivity index (χ1) is 10.1. The van der Waals surface area contributed by atoms with Gasteiger partial charge >= 0.3 is 0 Å². The third-order valence-corrected chi connectivity index (χ3v) is 4.94. The molecule has 1 aromatic rings. The van der Waals surface area contributed by atoms with Crippen LogP contribution in [0, 0.1) is 0 Å². The first kappa shape index (κ1) is 14.9. The summed E-state index contributed by atoms with van der Waals surface area (Å²) in [6, 6.07) is 0.965. The average molecular weight is 311 g/mol. The van der Waals surface area contributed by atoms with E-state index in [1.807, 2.05) is 13.8 Å². The number of hydrogen-bond acceptors (Lipinski definition) is 4. The second kappa shape index (κ2) is 5.97. The van der Waals surface area contributed by atoms with E-state index in [0.717, 1.165) is 31.6 Å². The number of nitrogens with one attached hydrogen (secondary N) is 1. The van der Waals surface area contributed by atoms with E-state index in [1.54, 1.807) is 6.20 Å². The van der Waals surface area contributed by atoms with Crippen LogP contribution >= 0.6 is 11.6 Å². The average Bonchev–Trinajstić information content (AvgIpc) is 3.10. The van der Waals surface area contributed by atoms with Crippen molar-refractivity contribution in [3.63, 3.8) is 0 Å². The van der Waals surface area contributed by atoms with Crippen molar-refractivity contribution in [1.29, 1.82) is 0 Å². The van der Waals surface area contributed by atoms with Crippen LogP contribution in [-0.4, -0.2) is 35.0 Å². The van der Waals surface area contributed by atoms with E-state index in [1.165, 1.54) is 17.5 Å². The number of hydrogen-bond donors (Lipinski definition) is 1. The van der Waals surface area contributed by atoms with Crippen LogP contribution in [0.3, 0.4) is 0 Å². The van der Waals surface area contributed by atoms with Crippen molar-refractivity contribution in [2.24, 2.45) is 0 Å². The third-order valence-electron chi connectivity index (χ3n) is 4.59. The summed E-state index contributed by atoms with van der Waals surface area (Å²) in [5, 5.41) is 8.18. The summed E-state index contributed by atoms with van der Waals surface area (Å²) in [5.74, 6) is 0. The van der Waals surface area contributed by atoms with E-state index in [2.05, 4.69) is 15.3 Å². The van der Waals surface area contributed by atoms with E-state index in [4.69, 9.17) is 11.6 Å². The quantitative estimate of drug-likeness (QED) is 0.930. The Morgan fingerprint density at radius 2 is 2.19 bits per heavy atom. The third kappa shape index (κ3) is 2.69. The molecule has 0 radical (unpaired) electrons. The minimum absolute atomic E-state index is 0.0231. The van der Waals surface area contributed by atoms with Crippen LogP contribution in [0.2, 0.25) is 5.02 Å². The Hall–Kier alpha value is -1.07. The highest BCUT2D eigenvalue weighted by Gasteiger charge is 2.34. The highest BCUT2D eigenvalue weighted by Crippen LogP contribution is 2.32. The van der Waals surface area contributed by atoms with Crippen LogP contribution in [0.1, 0.15) is 45.6 Å². The smallest absolute Gasteiger partial charge is 0.287 e. The van der Waals surface area contributed by atoms with Crippen molar-refractivity contribution in [3.8, 4) is 0 Å². The normalized spacial score (nSPS) is 26.0. The summed E-state index contributed by atoms with van der Waals surface area (Å²) in [4.78, 5) is 14.6. The van der Waals surface area contributed by atoms with Gasteiger partial charge in [-0.1, -0.05) is 11.6 Å². The number of nitrogens with zero attached hydrogens (tertiary/aromatic N) is 3. The van der Waals surface area contributed by atoms with Gasteiger partial charge in [-0.3, -0.25) is 4.79 Å². The zero-order valence-electron chi connectivity index (χ0n) is 12.7. The molecule has 0 amide bonds. The van der Waals surface area contributed by atoms with E-state index in [-0.39, 0.29) is 11.6 Å². The molecule has 2 atom stereocenters. The van der Waals surface area contributed by atoms with Gasteiger partial charge in [0.15, 0.2) is 0 Å². The molecule has 3 heterocycles. The highest BCUT2D eigenvalue weighted by molar-refractivity contribution is 6.33. The van der Waals surface area contributed by atoms with Crippen LogP contribution in [0.15, 0.2) is 11.0 Å². The lowest BCUT2D eigenvalue weighted by molar-refractivity contribution is 0.477. The Morgan fingerprint density at radius 3 is 2.86 bits per heavy atom. The second-order valence-electron chi connectivity index (χ2n) is 6.29. The van der Waals surface area contributed by atoms with Gasteiger partial charge in [0.05, 0.1) is 17.9 Å². The molecule has 2 saturated heterocycles. The van der Waals surface area contributed by atoms with Gasteiger partial charge in [0.2, 0.25) is 0 Å². The Kier molecular flexibility index (Phi) is 4.22. The van der Waals surface area contributed by atoms with E-state index in [0.29, 0.717) is 17.1 Å². The highest BCUT2D eigenvalue weighted by atomic mass is 35.5. The van der Waals surface area contributed by atoms with Crippen molar-refractivity contribution in [2.45, 2.75) is 57.7 Å². The fourth-order valence-corrected chi connectivity index (χ4v) is 3.80. The summed E-state index contributed by atoms with van der Waals surface area (Å²) in [7, 11) is 0. The predicted octanol–water partition coefficient (Wildman–Crippen LogP) is 2.20. The zero-order chi connectivity index (χ0) is 15.0. The van der Waals surface area contributed by atoms with Crippen molar-refractivity contribution in [1.82, 2.24) is 15.1 Å². The first-order valence-corrected chi connectivity index (χ1v) is 8.24. The van der Waals surface area contributed by atoms with Crippen molar-refractivity contribution in [3.05, 3.63) is 21.6 Å². The van der Waals surface area contributed by atoms with Gasteiger partial charge in [0.25, 0.3) is 5.56 Å². The van der Waals surface area contributed by atoms with Gasteiger partial charge in [-0.15, -0.1) is 0 Å². The topological polar surface area (TPSA) is 50.2 Å². The summed E-state index contributed by atoms with van der Waals surface area (Å²) in [6.45, 7) is 5.92. The molecule has 2 aliphatic heterocycles. The molecule has 0 spiro atoms. The summed E-state index contributed by atoms with van der Waals surface area (Å²) in [6.07, 6.45) is 6.50. The first-order valence-electron chi connectivity index (χ1n) is 7.87. The van der Waals surface area contributed by atoms with Gasteiger partial charge in [-0.2, -0.15) is 5.10 Å². The maximum absolute atomic E-state index is 12.3. The van der Waals surface area contributed by atoms with Gasteiger partial charge < -0.3 is 10.2 Å². The van der Waals surface area contributed by atoms with Crippen LogP contribution in [0.4, 0.5) is 5.69 Å². The molecular weight excluding hydrogens is 288 g/mol. The van der Waals surface area contributed by atoms with Gasteiger partial charge in [-0.05, 0) is 46.1 Å². The lowest BCUT2D eigenvalue weighted by Crippen LogP contribution is -2.44. The second-order valence-corrected chi connectivity index (χ2v) is 6.67. The molecule has 3 rings (SSSR count).